The third-order valence-corrected chi connectivity index (χ3v) is 7.33. The van der Waals surface area contributed by atoms with Gasteiger partial charge in [0.15, 0.2) is 0 Å². The number of nitrogens with zero attached hydrogens (tertiary/aromatic N) is 1. The molecule has 2 atom stereocenters. The summed E-state index contributed by atoms with van der Waals surface area (Å²) >= 11 is 0. The minimum atomic E-state index is 0. The molecule has 0 aliphatic carbocycles. The molecule has 3 aliphatic heterocycles. The Morgan fingerprint density at radius 2 is 1.42 bits per heavy atom. The highest BCUT2D eigenvalue weighted by atomic mass is 16.5. The molecule has 6 rings (SSSR count). The van der Waals surface area contributed by atoms with E-state index in [4.69, 9.17) is 4.74 Å². The van der Waals surface area contributed by atoms with Crippen LogP contribution in [0.3, 0.4) is 0 Å². The number of piperidine rings is 3. The molecule has 3 aliphatic rings. The van der Waals surface area contributed by atoms with Gasteiger partial charge in [0.1, 0.15) is 5.75 Å². The molecule has 3 saturated heterocycles. The van der Waals surface area contributed by atoms with Crippen molar-refractivity contribution < 1.29 is 10.2 Å². The van der Waals surface area contributed by atoms with E-state index >= 15 is 0 Å². The Balaban J connectivity index is 0.00000259. The Labute approximate surface area is 197 Å². The molecular weight excluding hydrogens is 408 g/mol. The number of hydrogen-bond acceptors (Lipinski definition) is 3. The van der Waals surface area contributed by atoms with Gasteiger partial charge in [-0.15, -0.1) is 0 Å². The van der Waals surface area contributed by atoms with E-state index in [0.717, 1.165) is 18.2 Å². The summed E-state index contributed by atoms with van der Waals surface area (Å²) in [7, 11) is 0. The van der Waals surface area contributed by atoms with Crippen LogP contribution >= 0.6 is 0 Å². The van der Waals surface area contributed by atoms with Gasteiger partial charge in [-0.3, -0.25) is 4.90 Å². The minimum Gasteiger partial charge on any atom is -0.494 e. The van der Waals surface area contributed by atoms with Gasteiger partial charge in [0.05, 0.1) is 6.61 Å². The van der Waals surface area contributed by atoms with Crippen LogP contribution in [0, 0.1) is 5.92 Å². The van der Waals surface area contributed by atoms with Crippen molar-refractivity contribution in [1.29, 1.82) is 0 Å². The Morgan fingerprint density at radius 3 is 2.03 bits per heavy atom. The number of ether oxygens (including phenoxy) is 1. The van der Waals surface area contributed by atoms with Crippen LogP contribution in [0.1, 0.15) is 42.4 Å². The van der Waals surface area contributed by atoms with Gasteiger partial charge in [0.2, 0.25) is 0 Å². The SMILES string of the molecule is CCOc1ccccc1CN[C@@H]1C2CCN(CC2)[C@H]1C(c1ccccc1)c1ccccc1.O. The lowest BCUT2D eigenvalue weighted by molar-refractivity contribution is 0.00461. The summed E-state index contributed by atoms with van der Waals surface area (Å²) in [5.41, 5.74) is 4.08. The Morgan fingerprint density at radius 1 is 0.848 bits per heavy atom. The lowest BCUT2D eigenvalue weighted by Crippen LogP contribution is -2.64. The standard InChI is InChI=1S/C29H34N2O.H2O/c1-2-32-26-16-10-9-15-25(26)21-30-28-24-17-19-31(20-18-24)29(28)27(22-11-5-3-6-12-22)23-13-7-4-8-14-23;/h3-16,24,27-30H,2,17-21H2,1H3;1H2/t28-,29+;/m1./s1. The second-order valence-corrected chi connectivity index (χ2v) is 9.11. The molecule has 0 aromatic heterocycles. The maximum Gasteiger partial charge on any atom is 0.123 e. The van der Waals surface area contributed by atoms with E-state index in [9.17, 15) is 0 Å². The molecule has 33 heavy (non-hydrogen) atoms. The predicted octanol–water partition coefficient (Wildman–Crippen LogP) is 4.65. The first-order valence-electron chi connectivity index (χ1n) is 12.1. The van der Waals surface area contributed by atoms with Crippen LogP contribution in [0.25, 0.3) is 0 Å². The van der Waals surface area contributed by atoms with Crippen LogP contribution in [0.5, 0.6) is 5.75 Å². The molecule has 0 amide bonds. The van der Waals surface area contributed by atoms with Gasteiger partial charge in [-0.05, 0) is 56.0 Å². The van der Waals surface area contributed by atoms with Gasteiger partial charge < -0.3 is 15.5 Å². The number of hydrogen-bond donors (Lipinski definition) is 1. The summed E-state index contributed by atoms with van der Waals surface area (Å²) in [6.07, 6.45) is 2.58. The first-order valence-corrected chi connectivity index (χ1v) is 12.1. The highest BCUT2D eigenvalue weighted by Crippen LogP contribution is 2.42. The average Bonchev–Trinajstić information content (AvgIpc) is 2.86. The van der Waals surface area contributed by atoms with Gasteiger partial charge in [-0.25, -0.2) is 0 Å². The molecule has 174 valence electrons. The zero-order valence-corrected chi connectivity index (χ0v) is 19.5. The van der Waals surface area contributed by atoms with Crippen LogP contribution in [0.4, 0.5) is 0 Å². The zero-order valence-electron chi connectivity index (χ0n) is 19.5. The van der Waals surface area contributed by atoms with E-state index in [1.165, 1.54) is 42.6 Å². The van der Waals surface area contributed by atoms with Crippen molar-refractivity contribution in [2.75, 3.05) is 19.7 Å². The summed E-state index contributed by atoms with van der Waals surface area (Å²) in [5, 5.41) is 4.02. The number of rotatable bonds is 8. The topological polar surface area (TPSA) is 56.0 Å². The first kappa shape index (κ1) is 23.5. The average molecular weight is 445 g/mol. The highest BCUT2D eigenvalue weighted by molar-refractivity contribution is 5.37. The number of para-hydroxylation sites is 1. The maximum absolute atomic E-state index is 5.90. The summed E-state index contributed by atoms with van der Waals surface area (Å²) < 4.78 is 5.90. The monoisotopic (exact) mass is 444 g/mol. The summed E-state index contributed by atoms with van der Waals surface area (Å²) in [4.78, 5) is 2.75. The Kier molecular flexibility index (Phi) is 7.81. The smallest absolute Gasteiger partial charge is 0.123 e. The molecule has 0 radical (unpaired) electrons. The summed E-state index contributed by atoms with van der Waals surface area (Å²) in [5.74, 6) is 2.09. The van der Waals surface area contributed by atoms with Crippen molar-refractivity contribution >= 4 is 0 Å². The molecule has 3 aromatic carbocycles. The van der Waals surface area contributed by atoms with Crippen molar-refractivity contribution in [3.8, 4) is 5.75 Å². The second-order valence-electron chi connectivity index (χ2n) is 9.11. The van der Waals surface area contributed by atoms with Crippen LogP contribution in [0.15, 0.2) is 84.9 Å². The molecule has 3 fully saturated rings. The Hall–Kier alpha value is -2.66. The zero-order chi connectivity index (χ0) is 21.8. The molecule has 0 spiro atoms. The molecule has 4 heteroatoms. The van der Waals surface area contributed by atoms with Crippen molar-refractivity contribution in [3.05, 3.63) is 102 Å². The highest BCUT2D eigenvalue weighted by Gasteiger charge is 2.46. The van der Waals surface area contributed by atoms with Gasteiger partial charge in [-0.1, -0.05) is 78.9 Å². The molecular formula is C29H36N2O2. The van der Waals surface area contributed by atoms with Crippen LogP contribution in [-0.2, 0) is 6.54 Å². The molecule has 3 heterocycles. The lowest BCUT2D eigenvalue weighted by atomic mass is 9.70. The van der Waals surface area contributed by atoms with E-state index < -0.39 is 0 Å². The van der Waals surface area contributed by atoms with Crippen LogP contribution < -0.4 is 10.1 Å². The number of nitrogens with one attached hydrogen (secondary N) is 1. The lowest BCUT2D eigenvalue weighted by Gasteiger charge is -2.54. The molecule has 4 nitrogen and oxygen atoms in total. The van der Waals surface area contributed by atoms with Gasteiger partial charge in [-0.2, -0.15) is 0 Å². The second kappa shape index (κ2) is 11.0. The maximum atomic E-state index is 5.90. The van der Waals surface area contributed by atoms with Crippen molar-refractivity contribution in [1.82, 2.24) is 10.2 Å². The largest absolute Gasteiger partial charge is 0.494 e. The number of fused-ring (bicyclic) bond motifs is 3. The predicted molar refractivity (Wildman–Crippen MR) is 135 cm³/mol. The normalized spacial score (nSPS) is 23.8. The van der Waals surface area contributed by atoms with Gasteiger partial charge in [0, 0.05) is 30.1 Å². The summed E-state index contributed by atoms with van der Waals surface area (Å²) in [6, 6.07) is 31.6. The van der Waals surface area contributed by atoms with Crippen molar-refractivity contribution in [2.45, 2.75) is 44.3 Å². The van der Waals surface area contributed by atoms with E-state index in [1.807, 2.05) is 0 Å². The number of benzene rings is 3. The molecule has 0 unspecified atom stereocenters. The molecule has 3 N–H and O–H groups in total. The fourth-order valence-electron chi connectivity index (χ4n) is 5.87. The van der Waals surface area contributed by atoms with E-state index in [2.05, 4.69) is 102 Å². The van der Waals surface area contributed by atoms with Crippen molar-refractivity contribution in [3.63, 3.8) is 0 Å². The third-order valence-electron chi connectivity index (χ3n) is 7.33. The molecule has 3 aromatic rings. The van der Waals surface area contributed by atoms with Gasteiger partial charge in [0.25, 0.3) is 0 Å². The fourth-order valence-corrected chi connectivity index (χ4v) is 5.87. The first-order chi connectivity index (χ1) is 15.8. The van der Waals surface area contributed by atoms with Crippen molar-refractivity contribution in [2.24, 2.45) is 5.92 Å². The van der Waals surface area contributed by atoms with E-state index in [0.29, 0.717) is 24.6 Å². The molecule has 2 bridgehead atoms. The minimum absolute atomic E-state index is 0. The third kappa shape index (κ3) is 4.98. The van der Waals surface area contributed by atoms with Gasteiger partial charge >= 0.3 is 0 Å². The van der Waals surface area contributed by atoms with Crippen LogP contribution in [-0.4, -0.2) is 42.2 Å². The van der Waals surface area contributed by atoms with Crippen LogP contribution in [0.2, 0.25) is 0 Å². The van der Waals surface area contributed by atoms with E-state index in [-0.39, 0.29) is 5.48 Å². The quantitative estimate of drug-likeness (QED) is 0.550. The fraction of sp³-hybridized carbons (Fsp3) is 0.379. The summed E-state index contributed by atoms with van der Waals surface area (Å²) in [6.45, 7) is 6.01. The molecule has 0 saturated carbocycles. The Bertz CT molecular complexity index is 947. The van der Waals surface area contributed by atoms with E-state index in [1.54, 1.807) is 0 Å².